The summed E-state index contributed by atoms with van der Waals surface area (Å²) < 4.78 is 46.2. The van der Waals surface area contributed by atoms with E-state index < -0.39 is 23.4 Å². The minimum Gasteiger partial charge on any atom is -0.495 e. The fourth-order valence-electron chi connectivity index (χ4n) is 3.83. The Kier molecular flexibility index (Phi) is 6.72. The molecule has 0 radical (unpaired) electrons. The number of carbonyl (C=O) groups is 2. The summed E-state index contributed by atoms with van der Waals surface area (Å²) in [6, 6.07) is 13.6. The van der Waals surface area contributed by atoms with Crippen LogP contribution in [0.15, 0.2) is 60.7 Å². The maximum absolute atomic E-state index is 14.0. The highest BCUT2D eigenvalue weighted by Crippen LogP contribution is 2.34. The van der Waals surface area contributed by atoms with Crippen molar-refractivity contribution in [1.82, 2.24) is 4.90 Å². The number of rotatable bonds is 6. The molecule has 3 amide bonds. The third kappa shape index (κ3) is 4.83. The third-order valence-electron chi connectivity index (χ3n) is 5.51. The van der Waals surface area contributed by atoms with Gasteiger partial charge in [0.2, 0.25) is 0 Å². The Morgan fingerprint density at radius 3 is 2.50 bits per heavy atom. The molecule has 1 fully saturated rings. The Morgan fingerprint density at radius 1 is 0.971 bits per heavy atom. The molecule has 4 rings (SSSR count). The molecule has 0 saturated carbocycles. The van der Waals surface area contributed by atoms with Crippen LogP contribution >= 0.6 is 0 Å². The lowest BCUT2D eigenvalue weighted by Gasteiger charge is -2.36. The van der Waals surface area contributed by atoms with Gasteiger partial charge in [-0.3, -0.25) is 9.69 Å². The van der Waals surface area contributed by atoms with Gasteiger partial charge in [0.05, 0.1) is 18.4 Å². The minimum absolute atomic E-state index is 0.105. The quantitative estimate of drug-likeness (QED) is 0.540. The van der Waals surface area contributed by atoms with E-state index in [1.54, 1.807) is 24.3 Å². The summed E-state index contributed by atoms with van der Waals surface area (Å²) in [6.45, 7) is 0.951. The van der Waals surface area contributed by atoms with E-state index in [9.17, 15) is 22.8 Å². The van der Waals surface area contributed by atoms with Crippen LogP contribution in [0, 0.1) is 17.5 Å². The number of hydrogen-bond donors (Lipinski definition) is 1. The van der Waals surface area contributed by atoms with E-state index in [1.807, 2.05) is 0 Å². The van der Waals surface area contributed by atoms with Crippen LogP contribution in [0.4, 0.5) is 29.3 Å². The van der Waals surface area contributed by atoms with Gasteiger partial charge in [-0.25, -0.2) is 18.0 Å². The van der Waals surface area contributed by atoms with Gasteiger partial charge in [0, 0.05) is 25.3 Å². The molecule has 34 heavy (non-hydrogen) atoms. The number of halogens is 3. The molecule has 176 valence electrons. The summed E-state index contributed by atoms with van der Waals surface area (Å²) in [5, 5.41) is 2.64. The number of urea groups is 1. The second-order valence-corrected chi connectivity index (χ2v) is 7.78. The van der Waals surface area contributed by atoms with Crippen LogP contribution in [0.2, 0.25) is 0 Å². The molecule has 9 heteroatoms. The Labute approximate surface area is 194 Å². The van der Waals surface area contributed by atoms with Crippen molar-refractivity contribution in [1.29, 1.82) is 0 Å². The highest BCUT2D eigenvalue weighted by Gasteiger charge is 2.29. The summed E-state index contributed by atoms with van der Waals surface area (Å²) in [7, 11) is 1.46. The van der Waals surface area contributed by atoms with Gasteiger partial charge < -0.3 is 15.0 Å². The first-order chi connectivity index (χ1) is 16.4. The number of nitrogens with zero attached hydrogens (tertiary/aromatic N) is 2. The fourth-order valence-corrected chi connectivity index (χ4v) is 3.83. The van der Waals surface area contributed by atoms with Crippen molar-refractivity contribution in [3.8, 4) is 5.75 Å². The molecule has 0 unspecified atom stereocenters. The average Bonchev–Trinajstić information content (AvgIpc) is 2.83. The van der Waals surface area contributed by atoms with Crippen molar-refractivity contribution in [2.24, 2.45) is 0 Å². The molecule has 1 N–H and O–H groups in total. The molecular weight excluding hydrogens is 447 g/mol. The van der Waals surface area contributed by atoms with Gasteiger partial charge in [-0.05, 0) is 54.4 Å². The second-order valence-electron chi connectivity index (χ2n) is 7.78. The molecule has 3 aromatic rings. The van der Waals surface area contributed by atoms with Crippen molar-refractivity contribution in [3.63, 3.8) is 0 Å². The van der Waals surface area contributed by atoms with Crippen molar-refractivity contribution < 1.29 is 27.5 Å². The number of anilines is 2. The predicted octanol–water partition coefficient (Wildman–Crippen LogP) is 5.20. The van der Waals surface area contributed by atoms with E-state index in [0.29, 0.717) is 42.2 Å². The number of hydrogen-bond acceptors (Lipinski definition) is 3. The number of ether oxygens (including phenoxy) is 1. The minimum atomic E-state index is -0.973. The van der Waals surface area contributed by atoms with Crippen molar-refractivity contribution >= 4 is 23.3 Å². The molecule has 1 aliphatic heterocycles. The third-order valence-corrected chi connectivity index (χ3v) is 5.51. The lowest BCUT2D eigenvalue weighted by molar-refractivity contribution is 0.102. The summed E-state index contributed by atoms with van der Waals surface area (Å²) in [5.41, 5.74) is 1.14. The summed E-state index contributed by atoms with van der Waals surface area (Å²) in [6.07, 6.45) is 0.629. The molecule has 0 atom stereocenters. The number of benzene rings is 3. The van der Waals surface area contributed by atoms with Crippen LogP contribution in [-0.2, 0) is 6.54 Å². The molecule has 1 heterocycles. The van der Waals surface area contributed by atoms with Gasteiger partial charge in [-0.1, -0.05) is 18.2 Å². The lowest BCUT2D eigenvalue weighted by Crippen LogP contribution is -2.49. The van der Waals surface area contributed by atoms with Gasteiger partial charge >= 0.3 is 6.03 Å². The smallest absolute Gasteiger partial charge is 0.324 e. The molecule has 3 aromatic carbocycles. The van der Waals surface area contributed by atoms with Crippen molar-refractivity contribution in [2.75, 3.05) is 30.4 Å². The van der Waals surface area contributed by atoms with Crippen molar-refractivity contribution in [3.05, 3.63) is 89.2 Å². The molecule has 1 saturated heterocycles. The average molecular weight is 469 g/mol. The Bertz CT molecular complexity index is 1240. The first kappa shape index (κ1) is 23.2. The van der Waals surface area contributed by atoms with E-state index >= 15 is 0 Å². The van der Waals surface area contributed by atoms with Crippen LogP contribution < -0.4 is 15.0 Å². The fraction of sp³-hybridized carbons (Fsp3) is 0.200. The molecular formula is C25H22F3N3O3. The van der Waals surface area contributed by atoms with Gasteiger partial charge in [0.25, 0.3) is 5.91 Å². The zero-order valence-electron chi connectivity index (χ0n) is 18.4. The van der Waals surface area contributed by atoms with Gasteiger partial charge in [-0.2, -0.15) is 0 Å². The number of carbonyl (C=O) groups excluding carboxylic acids is 2. The molecule has 0 aliphatic carbocycles. The van der Waals surface area contributed by atoms with Gasteiger partial charge in [0.1, 0.15) is 11.6 Å². The highest BCUT2D eigenvalue weighted by molar-refractivity contribution is 6.05. The zero-order valence-corrected chi connectivity index (χ0v) is 18.4. The standard InChI is InChI=1S/C25H22F3N3O3/c1-34-23-10-8-17(29-24(32)18-5-2-3-6-19(18)26)14-22(23)31-12-4-11-30(25(31)33)15-16-7-9-20(27)21(28)13-16/h2-3,5-10,13-14H,4,11-12,15H2,1H3,(H,29,32). The maximum Gasteiger partial charge on any atom is 0.324 e. The lowest BCUT2D eigenvalue weighted by atomic mass is 10.1. The molecule has 6 nitrogen and oxygen atoms in total. The highest BCUT2D eigenvalue weighted by atomic mass is 19.2. The van der Waals surface area contributed by atoms with Crippen LogP contribution in [0.25, 0.3) is 0 Å². The first-order valence-corrected chi connectivity index (χ1v) is 10.6. The van der Waals surface area contributed by atoms with Crippen LogP contribution in [0.1, 0.15) is 22.3 Å². The van der Waals surface area contributed by atoms with E-state index in [4.69, 9.17) is 4.74 Å². The topological polar surface area (TPSA) is 61.9 Å². The monoisotopic (exact) mass is 469 g/mol. The van der Waals surface area contributed by atoms with E-state index in [0.717, 1.165) is 12.1 Å². The normalized spacial score (nSPS) is 13.7. The van der Waals surface area contributed by atoms with Gasteiger partial charge in [-0.15, -0.1) is 0 Å². The zero-order chi connectivity index (χ0) is 24.2. The largest absolute Gasteiger partial charge is 0.495 e. The molecule has 0 aromatic heterocycles. The summed E-state index contributed by atoms with van der Waals surface area (Å²) in [4.78, 5) is 28.8. The van der Waals surface area contributed by atoms with E-state index in [1.165, 1.54) is 41.2 Å². The van der Waals surface area contributed by atoms with Crippen molar-refractivity contribution in [2.45, 2.75) is 13.0 Å². The van der Waals surface area contributed by atoms with Crippen LogP contribution in [0.5, 0.6) is 5.75 Å². The Balaban J connectivity index is 1.57. The number of amides is 3. The van der Waals surface area contributed by atoms with E-state index in [-0.39, 0.29) is 18.1 Å². The summed E-state index contributed by atoms with van der Waals surface area (Å²) in [5.74, 6) is -2.79. The molecule has 0 spiro atoms. The predicted molar refractivity (Wildman–Crippen MR) is 121 cm³/mol. The molecule has 1 aliphatic rings. The Hall–Kier alpha value is -4.01. The summed E-state index contributed by atoms with van der Waals surface area (Å²) >= 11 is 0. The first-order valence-electron chi connectivity index (χ1n) is 10.6. The van der Waals surface area contributed by atoms with Crippen LogP contribution in [-0.4, -0.2) is 37.0 Å². The van der Waals surface area contributed by atoms with E-state index in [2.05, 4.69) is 5.32 Å². The number of methoxy groups -OCH3 is 1. The number of nitrogens with one attached hydrogen (secondary N) is 1. The SMILES string of the molecule is COc1ccc(NC(=O)c2ccccc2F)cc1N1CCCN(Cc2ccc(F)c(F)c2)C1=O. The maximum atomic E-state index is 14.0. The van der Waals surface area contributed by atoms with Gasteiger partial charge in [0.15, 0.2) is 11.6 Å². The Morgan fingerprint density at radius 2 is 1.76 bits per heavy atom. The second kappa shape index (κ2) is 9.86. The molecule has 0 bridgehead atoms. The van der Waals surface area contributed by atoms with Crippen LogP contribution in [0.3, 0.4) is 0 Å².